The van der Waals surface area contributed by atoms with E-state index in [4.69, 9.17) is 4.55 Å². The molecule has 0 rings (SSSR count). The molecule has 78 valence electrons. The van der Waals surface area contributed by atoms with Gasteiger partial charge in [-0.15, -0.1) is 0 Å². The van der Waals surface area contributed by atoms with Crippen LogP contribution >= 0.6 is 0 Å². The van der Waals surface area contributed by atoms with Gasteiger partial charge in [0.2, 0.25) is 0 Å². The molecule has 0 saturated heterocycles. The molecule has 0 unspecified atom stereocenters. The molecular weight excluding hydrogens is 215 g/mol. The molecule has 13 heavy (non-hydrogen) atoms. The van der Waals surface area contributed by atoms with Crippen molar-refractivity contribution in [3.63, 3.8) is 0 Å². The van der Waals surface area contributed by atoms with E-state index in [1.165, 1.54) is 5.32 Å². The third-order valence-electron chi connectivity index (χ3n) is 0.903. The van der Waals surface area contributed by atoms with Gasteiger partial charge in [0.25, 0.3) is 10.1 Å². The minimum atomic E-state index is -5.04. The summed E-state index contributed by atoms with van der Waals surface area (Å²) in [5.74, 6) is -3.19. The largest absolute Gasteiger partial charge is 0.471 e. The monoisotopic (exact) mass is 221 g/mol. The van der Waals surface area contributed by atoms with E-state index >= 15 is 0 Å². The van der Waals surface area contributed by atoms with E-state index in [0.717, 1.165) is 0 Å². The molecule has 0 saturated carbocycles. The van der Waals surface area contributed by atoms with E-state index in [1.54, 1.807) is 0 Å². The lowest BCUT2D eigenvalue weighted by Crippen LogP contribution is -2.39. The molecule has 0 aromatic heterocycles. The van der Waals surface area contributed by atoms with Crippen LogP contribution in [0.4, 0.5) is 13.2 Å². The number of hydrogen-bond donors (Lipinski definition) is 2. The zero-order valence-corrected chi connectivity index (χ0v) is 6.94. The van der Waals surface area contributed by atoms with Gasteiger partial charge in [-0.25, -0.2) is 0 Å². The van der Waals surface area contributed by atoms with Crippen molar-refractivity contribution in [3.8, 4) is 0 Å². The average molecular weight is 221 g/mol. The Morgan fingerprint density at radius 1 is 1.38 bits per heavy atom. The van der Waals surface area contributed by atoms with Gasteiger partial charge in [-0.3, -0.25) is 9.35 Å². The lowest BCUT2D eigenvalue weighted by atomic mass is 10.5. The predicted molar refractivity (Wildman–Crippen MR) is 35.5 cm³/mol. The SMILES string of the molecule is O=C(NCCS(=O)(=O)O)C(F)(F)F. The van der Waals surface area contributed by atoms with E-state index in [0.29, 0.717) is 0 Å². The molecule has 0 aliphatic heterocycles. The Morgan fingerprint density at radius 3 is 2.15 bits per heavy atom. The van der Waals surface area contributed by atoms with Gasteiger partial charge in [0.05, 0.1) is 5.75 Å². The fourth-order valence-electron chi connectivity index (χ4n) is 0.394. The van der Waals surface area contributed by atoms with Crippen LogP contribution in [0.1, 0.15) is 0 Å². The minimum Gasteiger partial charge on any atom is -0.347 e. The third kappa shape index (κ3) is 6.34. The molecule has 5 nitrogen and oxygen atoms in total. The van der Waals surface area contributed by atoms with Gasteiger partial charge in [0, 0.05) is 6.54 Å². The number of hydrogen-bond acceptors (Lipinski definition) is 3. The van der Waals surface area contributed by atoms with Crippen LogP contribution in [0.3, 0.4) is 0 Å². The van der Waals surface area contributed by atoms with Crippen LogP contribution in [0.25, 0.3) is 0 Å². The van der Waals surface area contributed by atoms with E-state index in [2.05, 4.69) is 0 Å². The van der Waals surface area contributed by atoms with Crippen molar-refractivity contribution in [1.82, 2.24) is 5.32 Å². The lowest BCUT2D eigenvalue weighted by molar-refractivity contribution is -0.173. The van der Waals surface area contributed by atoms with E-state index in [9.17, 15) is 26.4 Å². The zero-order chi connectivity index (χ0) is 10.7. The highest BCUT2D eigenvalue weighted by Crippen LogP contribution is 2.13. The topological polar surface area (TPSA) is 83.5 Å². The molecule has 9 heteroatoms. The highest BCUT2D eigenvalue weighted by atomic mass is 32.2. The van der Waals surface area contributed by atoms with E-state index < -0.39 is 34.5 Å². The number of alkyl halides is 3. The Balaban J connectivity index is 3.87. The number of nitrogens with one attached hydrogen (secondary N) is 1. The summed E-state index contributed by atoms with van der Waals surface area (Å²) in [5.41, 5.74) is 0. The fraction of sp³-hybridized carbons (Fsp3) is 0.750. The van der Waals surface area contributed by atoms with Crippen molar-refractivity contribution in [2.75, 3.05) is 12.3 Å². The summed E-state index contributed by atoms with van der Waals surface area (Å²) in [6.45, 7) is -0.781. The van der Waals surface area contributed by atoms with Gasteiger partial charge in [-0.2, -0.15) is 21.6 Å². The van der Waals surface area contributed by atoms with Crippen LogP contribution in [0.2, 0.25) is 0 Å². The quantitative estimate of drug-likeness (QED) is 0.632. The van der Waals surface area contributed by atoms with Crippen molar-refractivity contribution < 1.29 is 30.9 Å². The number of halogens is 3. The first-order chi connectivity index (χ1) is 5.63. The molecule has 0 heterocycles. The second-order valence-electron chi connectivity index (χ2n) is 2.04. The van der Waals surface area contributed by atoms with Crippen molar-refractivity contribution in [2.24, 2.45) is 0 Å². The summed E-state index contributed by atoms with van der Waals surface area (Å²) in [6, 6.07) is 0. The van der Waals surface area contributed by atoms with Crippen molar-refractivity contribution in [3.05, 3.63) is 0 Å². The fourth-order valence-corrected chi connectivity index (χ4v) is 0.754. The molecular formula is C4H6F3NO4S. The molecule has 2 N–H and O–H groups in total. The standard InChI is InChI=1S/C4H6F3NO4S/c5-4(6,7)3(9)8-1-2-13(10,11)12/h1-2H2,(H,8,9)(H,10,11,12). The first-order valence-corrected chi connectivity index (χ1v) is 4.54. The Hall–Kier alpha value is -0.830. The van der Waals surface area contributed by atoms with Crippen molar-refractivity contribution in [1.29, 1.82) is 0 Å². The maximum absolute atomic E-state index is 11.4. The molecule has 0 radical (unpaired) electrons. The maximum Gasteiger partial charge on any atom is 0.471 e. The molecule has 0 spiro atoms. The summed E-state index contributed by atoms with van der Waals surface area (Å²) in [5, 5.41) is 1.28. The number of carbonyl (C=O) groups excluding carboxylic acids is 1. The molecule has 0 fully saturated rings. The summed E-state index contributed by atoms with van der Waals surface area (Å²) in [4.78, 5) is 10.0. The Morgan fingerprint density at radius 2 is 1.85 bits per heavy atom. The first kappa shape index (κ1) is 12.2. The normalized spacial score (nSPS) is 12.6. The summed E-state index contributed by atoms with van der Waals surface area (Å²) < 4.78 is 62.4. The number of amides is 1. The van der Waals surface area contributed by atoms with Crippen LogP contribution in [-0.2, 0) is 14.9 Å². The molecule has 0 bridgehead atoms. The Labute approximate surface area is 71.7 Å². The van der Waals surface area contributed by atoms with E-state index in [-0.39, 0.29) is 0 Å². The first-order valence-electron chi connectivity index (χ1n) is 2.93. The van der Waals surface area contributed by atoms with Crippen LogP contribution in [0.5, 0.6) is 0 Å². The summed E-state index contributed by atoms with van der Waals surface area (Å²) in [6.07, 6.45) is -5.04. The predicted octanol–water partition coefficient (Wildman–Crippen LogP) is -0.447. The second kappa shape index (κ2) is 3.92. The second-order valence-corrected chi connectivity index (χ2v) is 3.61. The Bertz CT molecular complexity index is 282. The van der Waals surface area contributed by atoms with E-state index in [1.807, 2.05) is 0 Å². The molecule has 0 aliphatic rings. The number of carbonyl (C=O) groups is 1. The molecule has 0 aromatic carbocycles. The third-order valence-corrected chi connectivity index (χ3v) is 1.62. The van der Waals surface area contributed by atoms with Gasteiger partial charge in [0.15, 0.2) is 0 Å². The van der Waals surface area contributed by atoms with Crippen molar-refractivity contribution >= 4 is 16.0 Å². The maximum atomic E-state index is 11.4. The number of rotatable bonds is 3. The smallest absolute Gasteiger partial charge is 0.347 e. The van der Waals surface area contributed by atoms with Crippen LogP contribution in [-0.4, -0.2) is 37.4 Å². The van der Waals surface area contributed by atoms with Crippen LogP contribution in [0.15, 0.2) is 0 Å². The summed E-state index contributed by atoms with van der Waals surface area (Å²) >= 11 is 0. The zero-order valence-electron chi connectivity index (χ0n) is 6.13. The minimum absolute atomic E-state index is 0.781. The highest BCUT2D eigenvalue weighted by molar-refractivity contribution is 7.85. The average Bonchev–Trinajstić information content (AvgIpc) is 1.82. The molecule has 0 aromatic rings. The van der Waals surface area contributed by atoms with Crippen LogP contribution < -0.4 is 5.32 Å². The molecule has 0 aliphatic carbocycles. The Kier molecular flexibility index (Phi) is 3.67. The highest BCUT2D eigenvalue weighted by Gasteiger charge is 2.38. The van der Waals surface area contributed by atoms with Gasteiger partial charge in [0.1, 0.15) is 0 Å². The molecule has 0 atom stereocenters. The van der Waals surface area contributed by atoms with Gasteiger partial charge >= 0.3 is 12.1 Å². The van der Waals surface area contributed by atoms with Gasteiger partial charge < -0.3 is 5.32 Å². The van der Waals surface area contributed by atoms with Crippen LogP contribution in [0, 0.1) is 0 Å². The molecule has 1 amide bonds. The van der Waals surface area contributed by atoms with Gasteiger partial charge in [-0.05, 0) is 0 Å². The summed E-state index contributed by atoms with van der Waals surface area (Å²) in [7, 11) is -4.35. The van der Waals surface area contributed by atoms with Gasteiger partial charge in [-0.1, -0.05) is 0 Å². The lowest BCUT2D eigenvalue weighted by Gasteiger charge is -2.05. The van der Waals surface area contributed by atoms with Crippen molar-refractivity contribution in [2.45, 2.75) is 6.18 Å².